The van der Waals surface area contributed by atoms with Crippen molar-refractivity contribution in [2.75, 3.05) is 6.61 Å². The number of carbonyl (C=O) groups excluding carboxylic acids is 2. The van der Waals surface area contributed by atoms with E-state index in [4.69, 9.17) is 22.1 Å². The third-order valence-electron chi connectivity index (χ3n) is 10.0. The summed E-state index contributed by atoms with van der Waals surface area (Å²) >= 11 is 6.42. The van der Waals surface area contributed by atoms with Gasteiger partial charge in [-0.1, -0.05) is 50.6 Å². The van der Waals surface area contributed by atoms with E-state index in [1.807, 2.05) is 20.8 Å². The second-order valence-electron chi connectivity index (χ2n) is 15.4. The molecule has 2 saturated carbocycles. The molecule has 0 spiro atoms. The van der Waals surface area contributed by atoms with Gasteiger partial charge in [0.2, 0.25) is 0 Å². The molecule has 2 aliphatic carbocycles. The summed E-state index contributed by atoms with van der Waals surface area (Å²) in [5, 5.41) is 12.5. The van der Waals surface area contributed by atoms with E-state index in [2.05, 4.69) is 25.3 Å². The van der Waals surface area contributed by atoms with Gasteiger partial charge in [-0.05, 0) is 61.3 Å². The van der Waals surface area contributed by atoms with Gasteiger partial charge in [-0.25, -0.2) is 27.8 Å². The predicted molar refractivity (Wildman–Crippen MR) is 185 cm³/mol. The average Bonchev–Trinajstić information content (AvgIpc) is 3.97. The van der Waals surface area contributed by atoms with Crippen LogP contribution in [0.2, 0.25) is 5.02 Å². The van der Waals surface area contributed by atoms with Crippen molar-refractivity contribution in [3.63, 3.8) is 0 Å². The summed E-state index contributed by atoms with van der Waals surface area (Å²) in [6.07, 6.45) is -4.92. The molecule has 2 N–H and O–H groups in total. The molecule has 1 aliphatic heterocycles. The molecule has 2 aromatic carbocycles. The van der Waals surface area contributed by atoms with Crippen LogP contribution in [-0.2, 0) is 19.9 Å². The molecule has 2 aromatic heterocycles. The Kier molecular flexibility index (Phi) is 9.49. The number of hydrogen-bond donors (Lipinski definition) is 1. The van der Waals surface area contributed by atoms with Gasteiger partial charge in [0, 0.05) is 11.1 Å². The molecule has 0 unspecified atom stereocenters. The maximum Gasteiger partial charge on any atom is 0.395 e. The Morgan fingerprint density at radius 3 is 2.44 bits per heavy atom. The van der Waals surface area contributed by atoms with Gasteiger partial charge >= 0.3 is 12.1 Å². The number of rotatable bonds is 12. The minimum atomic E-state index is -4.64. The third kappa shape index (κ3) is 7.27. The van der Waals surface area contributed by atoms with E-state index in [0.29, 0.717) is 11.3 Å². The number of nitrogens with zero attached hydrogens (tertiary/aromatic N) is 8. The molecule has 1 amide bonds. The molecule has 292 valence electrons. The van der Waals surface area contributed by atoms with Crippen LogP contribution in [0.4, 0.5) is 26.3 Å². The number of benzene rings is 2. The number of carbonyl (C=O) groups is 2. The Morgan fingerprint density at radius 1 is 1.09 bits per heavy atom. The number of ether oxygens (including phenoxy) is 1. The smallest absolute Gasteiger partial charge is 0.395 e. The van der Waals surface area contributed by atoms with E-state index in [-0.39, 0.29) is 47.1 Å². The van der Waals surface area contributed by atoms with Gasteiger partial charge in [-0.15, -0.1) is 0 Å². The first-order valence-electron chi connectivity index (χ1n) is 17.4. The molecule has 3 aliphatic rings. The Hall–Kier alpha value is -5.00. The molecule has 2 fully saturated rings. The van der Waals surface area contributed by atoms with Crippen molar-refractivity contribution in [1.82, 2.24) is 34.7 Å². The molecular weight excluding hydrogens is 756 g/mol. The van der Waals surface area contributed by atoms with Crippen LogP contribution in [0, 0.1) is 16.6 Å². The van der Waals surface area contributed by atoms with Gasteiger partial charge in [0.25, 0.3) is 12.3 Å². The van der Waals surface area contributed by atoms with Crippen LogP contribution in [0.15, 0.2) is 53.9 Å². The molecule has 3 heterocycles. The van der Waals surface area contributed by atoms with Crippen molar-refractivity contribution in [2.24, 2.45) is 21.6 Å². The molecule has 4 aromatic rings. The molecule has 55 heavy (non-hydrogen) atoms. The first-order chi connectivity index (χ1) is 25.8. The first-order valence-corrected chi connectivity index (χ1v) is 17.8. The molecule has 0 radical (unpaired) electrons. The molecule has 2 atom stereocenters. The van der Waals surface area contributed by atoms with Crippen LogP contribution in [0.5, 0.6) is 0 Å². The zero-order valence-electron chi connectivity index (χ0n) is 29.8. The number of hydrogen-bond acceptors (Lipinski definition) is 9. The zero-order valence-corrected chi connectivity index (χ0v) is 30.6. The highest BCUT2D eigenvalue weighted by Gasteiger charge is 2.64. The van der Waals surface area contributed by atoms with Crippen molar-refractivity contribution in [1.29, 1.82) is 0 Å². The van der Waals surface area contributed by atoms with E-state index in [1.165, 1.54) is 36.5 Å². The number of alkyl halides is 5. The number of aliphatic imine (C=N–C) groups is 1. The predicted octanol–water partition coefficient (Wildman–Crippen LogP) is 7.40. The van der Waals surface area contributed by atoms with E-state index in [1.54, 1.807) is 10.9 Å². The largest absolute Gasteiger partial charge is 0.463 e. The fourth-order valence-electron chi connectivity index (χ4n) is 6.97. The summed E-state index contributed by atoms with van der Waals surface area (Å²) in [5.74, 6) is -3.97. The number of nitrogens with two attached hydrogens (primary N) is 1. The van der Waals surface area contributed by atoms with Crippen LogP contribution < -0.4 is 5.73 Å². The zero-order chi connectivity index (χ0) is 39.7. The topological polar surface area (TPSA) is 146 Å². The van der Waals surface area contributed by atoms with E-state index < -0.39 is 77.5 Å². The maximum atomic E-state index is 16.4. The van der Waals surface area contributed by atoms with Crippen molar-refractivity contribution < 1.29 is 40.7 Å². The Bertz CT molecular complexity index is 2170. The number of aromatic nitrogens is 6. The van der Waals surface area contributed by atoms with Gasteiger partial charge in [-0.3, -0.25) is 14.5 Å². The van der Waals surface area contributed by atoms with Gasteiger partial charge in [-0.2, -0.15) is 33.3 Å². The number of halogens is 7. The second-order valence-corrected chi connectivity index (χ2v) is 15.8. The van der Waals surface area contributed by atoms with Crippen molar-refractivity contribution >= 4 is 29.4 Å². The van der Waals surface area contributed by atoms with E-state index in [9.17, 15) is 31.5 Å². The van der Waals surface area contributed by atoms with Crippen molar-refractivity contribution in [3.8, 4) is 16.9 Å². The fraction of sp³-hybridized carbons (Fsp3) is 0.472. The summed E-state index contributed by atoms with van der Waals surface area (Å²) in [6, 6.07) is 7.02. The molecular formula is C36H36ClF6N9O3. The van der Waals surface area contributed by atoms with Crippen molar-refractivity contribution in [3.05, 3.63) is 76.7 Å². The van der Waals surface area contributed by atoms with Gasteiger partial charge in [0.15, 0.2) is 17.3 Å². The lowest BCUT2D eigenvalue weighted by atomic mass is 9.75. The summed E-state index contributed by atoms with van der Waals surface area (Å²) in [6.45, 7) is 4.71. The van der Waals surface area contributed by atoms with Crippen LogP contribution >= 0.6 is 11.6 Å². The quantitative estimate of drug-likeness (QED) is 0.115. The summed E-state index contributed by atoms with van der Waals surface area (Å²) in [4.78, 5) is 38.7. The van der Waals surface area contributed by atoms with E-state index in [0.717, 1.165) is 28.8 Å². The second kappa shape index (κ2) is 13.6. The minimum Gasteiger partial charge on any atom is -0.463 e. The lowest BCUT2D eigenvalue weighted by Gasteiger charge is -2.35. The minimum absolute atomic E-state index is 0.0523. The fourth-order valence-corrected chi connectivity index (χ4v) is 7.17. The lowest BCUT2D eigenvalue weighted by molar-refractivity contribution is -0.195. The highest BCUT2D eigenvalue weighted by Crippen LogP contribution is 2.60. The number of guanidine groups is 1. The monoisotopic (exact) mass is 791 g/mol. The van der Waals surface area contributed by atoms with Crippen LogP contribution in [-0.4, -0.2) is 65.3 Å². The molecule has 0 bridgehead atoms. The standard InChI is InChI=1S/C36H36ClF6N9O3/c1-33(2,3)17-35(22-8-4-19(12-24(22)38)25-15-46-52(49-25)21-6-7-21)31(54)50(32(44)48-35)27(16-55-28(53)14-34(10-11-34)36(41,42)43)20-5-9-23(37)26(13-20)51-30(29(39)40)45-18-47-51/h4-5,8-9,12-13,15,18,21,27,29H,6-7,10-11,14,16-17H2,1-3H3,(H2,44,48)/t27-,35-/m1/s1. The Balaban J connectivity index is 1.28. The molecule has 7 rings (SSSR count). The Morgan fingerprint density at radius 2 is 1.82 bits per heavy atom. The van der Waals surface area contributed by atoms with Crippen molar-refractivity contribution in [2.45, 2.75) is 89.5 Å². The van der Waals surface area contributed by atoms with Crippen LogP contribution in [0.25, 0.3) is 16.9 Å². The van der Waals surface area contributed by atoms with Gasteiger partial charge in [0.1, 0.15) is 24.4 Å². The SMILES string of the molecule is CC(C)(C)C[C@]1(c2ccc(-c3cnn(C4CC4)n3)cc2F)N=C(N)N([C@H](COC(=O)CC2(C(F)(F)F)CC2)c2ccc(Cl)c(-n3ncnc3C(F)F)c2)C1=O. The highest BCUT2D eigenvalue weighted by atomic mass is 35.5. The summed E-state index contributed by atoms with van der Waals surface area (Å²) < 4.78 is 91.6. The van der Waals surface area contributed by atoms with Gasteiger partial charge in [0.05, 0.1) is 40.8 Å². The molecule has 0 saturated heterocycles. The highest BCUT2D eigenvalue weighted by molar-refractivity contribution is 6.32. The average molecular weight is 792 g/mol. The number of amides is 1. The number of esters is 1. The van der Waals surface area contributed by atoms with Crippen LogP contribution in [0.1, 0.15) is 94.8 Å². The van der Waals surface area contributed by atoms with Crippen LogP contribution in [0.3, 0.4) is 0 Å². The molecule has 12 nitrogen and oxygen atoms in total. The first kappa shape index (κ1) is 38.3. The molecule has 19 heteroatoms. The summed E-state index contributed by atoms with van der Waals surface area (Å²) in [5.41, 5.74) is 2.39. The normalized spacial score (nSPS) is 20.2. The summed E-state index contributed by atoms with van der Waals surface area (Å²) in [7, 11) is 0. The maximum absolute atomic E-state index is 16.4. The van der Waals surface area contributed by atoms with Gasteiger partial charge < -0.3 is 10.5 Å². The Labute approximate surface area is 315 Å². The van der Waals surface area contributed by atoms with E-state index >= 15 is 4.39 Å². The third-order valence-corrected chi connectivity index (χ3v) is 10.3. The lowest BCUT2D eigenvalue weighted by Crippen LogP contribution is -2.47.